The Balaban J connectivity index is 1.35. The lowest BCUT2D eigenvalue weighted by Crippen LogP contribution is -2.58. The Morgan fingerprint density at radius 1 is 0.674 bits per heavy atom. The number of rotatable bonds is 6. The minimum absolute atomic E-state index is 0.220. The highest BCUT2D eigenvalue weighted by atomic mass is 79.9. The summed E-state index contributed by atoms with van der Waals surface area (Å²) in [6.45, 7) is 0. The van der Waals surface area contributed by atoms with E-state index in [1.807, 2.05) is 12.3 Å². The summed E-state index contributed by atoms with van der Waals surface area (Å²) in [5.74, 6) is 0.259. The van der Waals surface area contributed by atoms with Crippen LogP contribution in [-0.4, -0.2) is 52.3 Å². The van der Waals surface area contributed by atoms with E-state index in [0.29, 0.717) is 11.9 Å². The van der Waals surface area contributed by atoms with Crippen LogP contribution in [0.5, 0.6) is 0 Å². The number of hydrogen-bond acceptors (Lipinski definition) is 7. The van der Waals surface area contributed by atoms with Gasteiger partial charge in [-0.1, -0.05) is 66.0 Å². The Hall–Kier alpha value is -3.78. The Morgan fingerprint density at radius 2 is 1.20 bits per heavy atom. The zero-order valence-corrected chi connectivity index (χ0v) is 29.2. The van der Waals surface area contributed by atoms with Crippen molar-refractivity contribution in [3.63, 3.8) is 0 Å². The molecule has 2 aliphatic rings. The van der Waals surface area contributed by atoms with Crippen molar-refractivity contribution in [2.24, 2.45) is 21.5 Å². The first kappa shape index (κ1) is 29.6. The molecule has 0 radical (unpaired) electrons. The van der Waals surface area contributed by atoms with E-state index < -0.39 is 6.23 Å². The van der Waals surface area contributed by atoms with Crippen LogP contribution in [-0.2, 0) is 4.74 Å². The summed E-state index contributed by atoms with van der Waals surface area (Å²) in [5, 5.41) is 10.5. The van der Waals surface area contributed by atoms with Gasteiger partial charge < -0.3 is 41.8 Å². The third kappa shape index (κ3) is 4.91. The van der Waals surface area contributed by atoms with Crippen molar-refractivity contribution in [1.29, 1.82) is 0 Å². The van der Waals surface area contributed by atoms with Crippen LogP contribution in [0, 0.1) is 0 Å². The third-order valence-electron chi connectivity index (χ3n) is 9.29. The van der Waals surface area contributed by atoms with Gasteiger partial charge in [-0.15, -0.1) is 0 Å². The first-order valence-corrected chi connectivity index (χ1v) is 17.2. The van der Waals surface area contributed by atoms with Crippen LogP contribution >= 0.6 is 47.8 Å². The van der Waals surface area contributed by atoms with Gasteiger partial charge in [0.25, 0.3) is 0 Å². The lowest BCUT2D eigenvalue weighted by Gasteiger charge is -2.43. The maximum absolute atomic E-state index is 6.55. The molecule has 10 nitrogen and oxygen atoms in total. The van der Waals surface area contributed by atoms with Gasteiger partial charge in [0.1, 0.15) is 6.04 Å². The number of H-pyrrole nitrogens is 3. The molecule has 5 heterocycles. The van der Waals surface area contributed by atoms with Crippen molar-refractivity contribution in [2.45, 2.75) is 36.2 Å². The van der Waals surface area contributed by atoms with Crippen LogP contribution in [0.25, 0.3) is 32.7 Å². The van der Waals surface area contributed by atoms with Crippen molar-refractivity contribution < 1.29 is 4.74 Å². The van der Waals surface area contributed by atoms with Crippen LogP contribution in [0.3, 0.4) is 0 Å². The number of benzene rings is 3. The van der Waals surface area contributed by atoms with Crippen molar-refractivity contribution in [3.05, 3.63) is 103 Å². The molecule has 0 amide bonds. The smallest absolute Gasteiger partial charge is 0.191 e. The molecule has 6 aromatic rings. The van der Waals surface area contributed by atoms with Crippen LogP contribution < -0.4 is 22.1 Å². The number of ether oxygens (including phenoxy) is 1. The molecule has 0 unspecified atom stereocenters. The molecule has 3 aromatic carbocycles. The van der Waals surface area contributed by atoms with Gasteiger partial charge >= 0.3 is 0 Å². The van der Waals surface area contributed by atoms with Gasteiger partial charge in [0.05, 0.1) is 12.0 Å². The molecule has 46 heavy (non-hydrogen) atoms. The van der Waals surface area contributed by atoms with Crippen LogP contribution in [0.1, 0.15) is 34.6 Å². The summed E-state index contributed by atoms with van der Waals surface area (Å²) in [4.78, 5) is 20.2. The Morgan fingerprint density at radius 3 is 1.85 bits per heavy atom. The van der Waals surface area contributed by atoms with E-state index in [2.05, 4.69) is 134 Å². The van der Waals surface area contributed by atoms with Gasteiger partial charge in [-0.05, 0) is 47.5 Å². The number of aliphatic imine (C=N–C) groups is 2. The van der Waals surface area contributed by atoms with Gasteiger partial charge in [-0.25, -0.2) is 9.98 Å². The number of nitrogens with one attached hydrogen (secondary N) is 5. The molecule has 8 rings (SSSR count). The fraction of sp³-hybridized carbons (Fsp3) is 0.212. The number of fused-ring (bicyclic) bond motifs is 3. The Bertz CT molecular complexity index is 2180. The van der Waals surface area contributed by atoms with Crippen molar-refractivity contribution in [3.8, 4) is 0 Å². The number of guanidine groups is 2. The summed E-state index contributed by atoms with van der Waals surface area (Å²) in [5.41, 5.74) is 19.4. The normalized spacial score (nSPS) is 23.8. The van der Waals surface area contributed by atoms with Crippen molar-refractivity contribution >= 4 is 92.4 Å². The largest absolute Gasteiger partial charge is 0.370 e. The average Bonchev–Trinajstić information content (AvgIpc) is 3.82. The van der Waals surface area contributed by atoms with Crippen LogP contribution in [0.15, 0.2) is 96.6 Å². The number of nitrogens with two attached hydrogens (primary N) is 2. The molecular weight excluding hydrogens is 778 g/mol. The zero-order valence-electron chi connectivity index (χ0n) is 24.5. The maximum Gasteiger partial charge on any atom is 0.191 e. The Kier molecular flexibility index (Phi) is 7.39. The van der Waals surface area contributed by atoms with E-state index in [-0.39, 0.29) is 30.0 Å². The van der Waals surface area contributed by atoms with E-state index in [0.717, 1.165) is 62.8 Å². The summed E-state index contributed by atoms with van der Waals surface area (Å²) < 4.78 is 9.09. The monoisotopic (exact) mass is 805 g/mol. The minimum atomic E-state index is -0.542. The van der Waals surface area contributed by atoms with E-state index in [1.54, 1.807) is 7.11 Å². The molecule has 0 saturated heterocycles. The highest BCUT2D eigenvalue weighted by Crippen LogP contribution is 2.47. The van der Waals surface area contributed by atoms with Crippen molar-refractivity contribution in [1.82, 2.24) is 25.6 Å². The standard InChI is InChI=1S/C33H30Br3N9O/c1-46-31-27(21-12-40-24-9-15(35)3-6-18(21)24)29(43-33(38)45-31)26(20-11-39-23-8-14(34)2-5-17(20)23)30-28(42-32(37)44-30)22-13-41-25-10-16(36)4-7-19(22)25/h2-13,26-31,39-41H,1H3,(H3,37,42,44)(H3,38,43,45)/t26-,27-,28-,29-,30-,31-/m0/s1. The van der Waals surface area contributed by atoms with Gasteiger partial charge in [-0.3, -0.25) is 0 Å². The van der Waals surface area contributed by atoms with Crippen LogP contribution in [0.4, 0.5) is 0 Å². The molecule has 0 spiro atoms. The zero-order chi connectivity index (χ0) is 31.7. The van der Waals surface area contributed by atoms with Gasteiger partial charge in [-0.2, -0.15) is 0 Å². The fourth-order valence-electron chi connectivity index (χ4n) is 7.39. The molecule has 3 aromatic heterocycles. The predicted molar refractivity (Wildman–Crippen MR) is 194 cm³/mol. The molecule has 0 fully saturated rings. The summed E-state index contributed by atoms with van der Waals surface area (Å²) in [7, 11) is 1.68. The third-order valence-corrected chi connectivity index (χ3v) is 10.8. The summed E-state index contributed by atoms with van der Waals surface area (Å²) in [6.07, 6.45) is 5.65. The minimum Gasteiger partial charge on any atom is -0.370 e. The highest BCUT2D eigenvalue weighted by Gasteiger charge is 2.48. The molecule has 234 valence electrons. The van der Waals surface area contributed by atoms with Crippen LogP contribution in [0.2, 0.25) is 0 Å². The second-order valence-electron chi connectivity index (χ2n) is 11.8. The molecule has 0 bridgehead atoms. The maximum atomic E-state index is 6.55. The summed E-state index contributed by atoms with van der Waals surface area (Å²) >= 11 is 10.9. The van der Waals surface area contributed by atoms with E-state index in [4.69, 9.17) is 26.2 Å². The number of hydrogen-bond donors (Lipinski definition) is 7. The number of halogens is 3. The number of aromatic amines is 3. The van der Waals surface area contributed by atoms with Gasteiger partial charge in [0, 0.05) is 89.4 Å². The van der Waals surface area contributed by atoms with Gasteiger partial charge in [0.15, 0.2) is 18.1 Å². The van der Waals surface area contributed by atoms with Crippen molar-refractivity contribution in [2.75, 3.05) is 7.11 Å². The first-order valence-electron chi connectivity index (χ1n) is 14.8. The quantitative estimate of drug-likeness (QED) is 0.101. The fourth-order valence-corrected chi connectivity index (χ4v) is 8.47. The average molecular weight is 808 g/mol. The molecule has 13 heteroatoms. The summed E-state index contributed by atoms with van der Waals surface area (Å²) in [6, 6.07) is 17.9. The van der Waals surface area contributed by atoms with E-state index in [9.17, 15) is 0 Å². The number of methoxy groups -OCH3 is 1. The molecule has 0 saturated carbocycles. The second kappa shape index (κ2) is 11.5. The topological polar surface area (TPSA) is 157 Å². The van der Waals surface area contributed by atoms with E-state index in [1.165, 1.54) is 0 Å². The molecule has 9 N–H and O–H groups in total. The second-order valence-corrected chi connectivity index (χ2v) is 14.5. The molecular formula is C33H30Br3N9O. The van der Waals surface area contributed by atoms with E-state index >= 15 is 0 Å². The first-order chi connectivity index (χ1) is 22.3. The SMILES string of the molecule is CO[C@@H]1N=C(N)N[C@@H]([C@H](c2c[nH]c3cc(Br)ccc23)[C@@H]2NC(N)=N[C@H]2c2c[nH]c3cc(Br)ccc23)[C@@H]1c1c[nH]c2cc(Br)ccc12. The molecule has 0 aliphatic carbocycles. The lowest BCUT2D eigenvalue weighted by molar-refractivity contribution is 0.0627. The predicted octanol–water partition coefficient (Wildman–Crippen LogP) is 6.57. The Labute approximate surface area is 289 Å². The van der Waals surface area contributed by atoms with Gasteiger partial charge in [0.2, 0.25) is 0 Å². The number of aromatic nitrogens is 3. The molecule has 2 aliphatic heterocycles. The highest BCUT2D eigenvalue weighted by molar-refractivity contribution is 9.11. The number of nitrogens with zero attached hydrogens (tertiary/aromatic N) is 2. The molecule has 6 atom stereocenters. The lowest BCUT2D eigenvalue weighted by atomic mass is 9.72.